The summed E-state index contributed by atoms with van der Waals surface area (Å²) in [5.74, 6) is 0.977. The van der Waals surface area contributed by atoms with Gasteiger partial charge in [-0.25, -0.2) is 0 Å². The zero-order valence-electron chi connectivity index (χ0n) is 11.0. The molecule has 2 unspecified atom stereocenters. The van der Waals surface area contributed by atoms with Crippen LogP contribution in [0, 0.1) is 5.92 Å². The van der Waals surface area contributed by atoms with Crippen molar-refractivity contribution in [2.45, 2.75) is 44.7 Å². The Morgan fingerprint density at radius 1 is 1.39 bits per heavy atom. The van der Waals surface area contributed by atoms with Crippen LogP contribution in [0.1, 0.15) is 38.2 Å². The number of phenolic OH excluding ortho intramolecular Hbond substituents is 1. The highest BCUT2D eigenvalue weighted by Gasteiger charge is 2.33. The lowest BCUT2D eigenvalue weighted by Crippen LogP contribution is -2.51. The molecule has 100 valence electrons. The molecule has 1 aliphatic carbocycles. The Hall–Kier alpha value is -1.06. The Morgan fingerprint density at radius 3 is 2.83 bits per heavy atom. The van der Waals surface area contributed by atoms with Crippen LogP contribution < -0.4 is 5.32 Å². The Bertz CT molecular complexity index is 394. The fourth-order valence-electron chi connectivity index (χ4n) is 2.96. The largest absolute Gasteiger partial charge is 0.508 e. The number of para-hydroxylation sites is 1. The number of phenols is 1. The average molecular weight is 249 g/mol. The summed E-state index contributed by atoms with van der Waals surface area (Å²) in [5.41, 5.74) is 0.725. The molecule has 18 heavy (non-hydrogen) atoms. The maximum atomic E-state index is 9.75. The van der Waals surface area contributed by atoms with Crippen molar-refractivity contribution in [3.8, 4) is 5.75 Å². The molecule has 3 heteroatoms. The van der Waals surface area contributed by atoms with Crippen molar-refractivity contribution >= 4 is 0 Å². The fraction of sp³-hybridized carbons (Fsp3) is 0.600. The lowest BCUT2D eigenvalue weighted by Gasteiger charge is -2.39. The SMILES string of the molecule is CC1CCCC(CO)(NCc2ccccc2O)C1. The van der Waals surface area contributed by atoms with Gasteiger partial charge in [-0.05, 0) is 24.8 Å². The number of hydrogen-bond acceptors (Lipinski definition) is 3. The van der Waals surface area contributed by atoms with Gasteiger partial charge in [-0.3, -0.25) is 0 Å². The molecular formula is C15H23NO2. The van der Waals surface area contributed by atoms with E-state index in [2.05, 4.69) is 12.2 Å². The number of aliphatic hydroxyl groups is 1. The van der Waals surface area contributed by atoms with Crippen LogP contribution in [0.15, 0.2) is 24.3 Å². The molecule has 3 N–H and O–H groups in total. The molecule has 1 aliphatic rings. The van der Waals surface area contributed by atoms with E-state index in [0.29, 0.717) is 18.2 Å². The minimum absolute atomic E-state index is 0.167. The molecule has 0 saturated heterocycles. The second-order valence-corrected chi connectivity index (χ2v) is 5.62. The van der Waals surface area contributed by atoms with E-state index >= 15 is 0 Å². The molecule has 0 spiro atoms. The summed E-state index contributed by atoms with van der Waals surface area (Å²) in [6.45, 7) is 3.02. The van der Waals surface area contributed by atoms with E-state index in [-0.39, 0.29) is 12.1 Å². The molecule has 1 aromatic carbocycles. The first-order valence-electron chi connectivity index (χ1n) is 6.78. The number of benzene rings is 1. The third kappa shape index (κ3) is 3.03. The highest BCUT2D eigenvalue weighted by Crippen LogP contribution is 2.32. The van der Waals surface area contributed by atoms with Crippen LogP contribution in [0.25, 0.3) is 0 Å². The standard InChI is InChI=1S/C15H23NO2/c1-12-5-4-8-15(9-12,11-17)16-10-13-6-2-3-7-14(13)18/h2-3,6-7,12,16-18H,4-5,8-11H2,1H3. The van der Waals surface area contributed by atoms with E-state index in [1.807, 2.05) is 18.2 Å². The van der Waals surface area contributed by atoms with Crippen molar-refractivity contribution in [1.82, 2.24) is 5.32 Å². The molecule has 2 rings (SSSR count). The summed E-state index contributed by atoms with van der Waals surface area (Å²) >= 11 is 0. The van der Waals surface area contributed by atoms with E-state index in [0.717, 1.165) is 24.8 Å². The van der Waals surface area contributed by atoms with Crippen LogP contribution in [-0.2, 0) is 6.54 Å². The quantitative estimate of drug-likeness (QED) is 0.768. The van der Waals surface area contributed by atoms with Gasteiger partial charge in [0.2, 0.25) is 0 Å². The van der Waals surface area contributed by atoms with Gasteiger partial charge in [0.25, 0.3) is 0 Å². The predicted octanol–water partition coefficient (Wildman–Crippen LogP) is 2.42. The van der Waals surface area contributed by atoms with Crippen LogP contribution in [0.3, 0.4) is 0 Å². The molecule has 3 nitrogen and oxygen atoms in total. The van der Waals surface area contributed by atoms with Crippen molar-refractivity contribution in [2.75, 3.05) is 6.61 Å². The van der Waals surface area contributed by atoms with E-state index in [1.54, 1.807) is 6.07 Å². The third-order valence-electron chi connectivity index (χ3n) is 4.04. The van der Waals surface area contributed by atoms with Crippen LogP contribution in [0.2, 0.25) is 0 Å². The van der Waals surface area contributed by atoms with E-state index < -0.39 is 0 Å². The van der Waals surface area contributed by atoms with Crippen molar-refractivity contribution in [3.05, 3.63) is 29.8 Å². The van der Waals surface area contributed by atoms with Crippen LogP contribution in [0.5, 0.6) is 5.75 Å². The first kappa shape index (κ1) is 13.4. The molecule has 0 aromatic heterocycles. The van der Waals surface area contributed by atoms with Gasteiger partial charge < -0.3 is 15.5 Å². The predicted molar refractivity (Wildman–Crippen MR) is 72.4 cm³/mol. The molecule has 0 radical (unpaired) electrons. The molecule has 0 aliphatic heterocycles. The number of nitrogens with one attached hydrogen (secondary N) is 1. The minimum atomic E-state index is -0.167. The van der Waals surface area contributed by atoms with Crippen molar-refractivity contribution in [3.63, 3.8) is 0 Å². The van der Waals surface area contributed by atoms with Crippen LogP contribution in [0.4, 0.5) is 0 Å². The third-order valence-corrected chi connectivity index (χ3v) is 4.04. The van der Waals surface area contributed by atoms with E-state index in [4.69, 9.17) is 0 Å². The maximum Gasteiger partial charge on any atom is 0.120 e. The Balaban J connectivity index is 2.01. The lowest BCUT2D eigenvalue weighted by molar-refractivity contribution is 0.0980. The molecule has 2 atom stereocenters. The second-order valence-electron chi connectivity index (χ2n) is 5.62. The first-order valence-corrected chi connectivity index (χ1v) is 6.78. The highest BCUT2D eigenvalue weighted by molar-refractivity contribution is 5.31. The van der Waals surface area contributed by atoms with Crippen molar-refractivity contribution < 1.29 is 10.2 Å². The molecule has 1 fully saturated rings. The maximum absolute atomic E-state index is 9.75. The smallest absolute Gasteiger partial charge is 0.120 e. The van der Waals surface area contributed by atoms with Gasteiger partial charge in [0.1, 0.15) is 5.75 Å². The zero-order valence-corrected chi connectivity index (χ0v) is 11.0. The number of hydrogen-bond donors (Lipinski definition) is 3. The van der Waals surface area contributed by atoms with E-state index in [1.165, 1.54) is 6.42 Å². The lowest BCUT2D eigenvalue weighted by atomic mass is 9.77. The summed E-state index contributed by atoms with van der Waals surface area (Å²) in [7, 11) is 0. The van der Waals surface area contributed by atoms with Gasteiger partial charge in [-0.1, -0.05) is 38.0 Å². The average Bonchev–Trinajstić information content (AvgIpc) is 2.38. The van der Waals surface area contributed by atoms with E-state index in [9.17, 15) is 10.2 Å². The van der Waals surface area contributed by atoms with Crippen LogP contribution >= 0.6 is 0 Å². The van der Waals surface area contributed by atoms with Gasteiger partial charge in [-0.15, -0.1) is 0 Å². The first-order chi connectivity index (χ1) is 8.65. The molecule has 1 aromatic rings. The summed E-state index contributed by atoms with van der Waals surface area (Å²) in [6.07, 6.45) is 4.44. The molecule has 0 bridgehead atoms. The number of aromatic hydroxyl groups is 1. The Labute approximate surface area is 109 Å². The van der Waals surface area contributed by atoms with Crippen LogP contribution in [-0.4, -0.2) is 22.4 Å². The normalized spacial score (nSPS) is 28.2. The number of aliphatic hydroxyl groups excluding tert-OH is 1. The summed E-state index contributed by atoms with van der Waals surface area (Å²) in [4.78, 5) is 0. The van der Waals surface area contributed by atoms with Gasteiger partial charge >= 0.3 is 0 Å². The topological polar surface area (TPSA) is 52.5 Å². The van der Waals surface area contributed by atoms with Gasteiger partial charge in [0.05, 0.1) is 6.61 Å². The summed E-state index contributed by atoms with van der Waals surface area (Å²) in [6, 6.07) is 7.36. The van der Waals surface area contributed by atoms with Gasteiger partial charge in [-0.2, -0.15) is 0 Å². The summed E-state index contributed by atoms with van der Waals surface area (Å²) in [5, 5.41) is 22.9. The monoisotopic (exact) mass is 249 g/mol. The van der Waals surface area contributed by atoms with Gasteiger partial charge in [0.15, 0.2) is 0 Å². The Kier molecular flexibility index (Phi) is 4.25. The minimum Gasteiger partial charge on any atom is -0.508 e. The van der Waals surface area contributed by atoms with Crippen molar-refractivity contribution in [1.29, 1.82) is 0 Å². The fourth-order valence-corrected chi connectivity index (χ4v) is 2.96. The summed E-state index contributed by atoms with van der Waals surface area (Å²) < 4.78 is 0. The molecule has 0 heterocycles. The second kappa shape index (κ2) is 5.72. The zero-order chi connectivity index (χ0) is 13.0. The molecule has 0 amide bonds. The Morgan fingerprint density at radius 2 is 2.17 bits per heavy atom. The molecule has 1 saturated carbocycles. The number of rotatable bonds is 4. The van der Waals surface area contributed by atoms with Crippen molar-refractivity contribution in [2.24, 2.45) is 5.92 Å². The highest BCUT2D eigenvalue weighted by atomic mass is 16.3. The molecular weight excluding hydrogens is 226 g/mol. The van der Waals surface area contributed by atoms with Gasteiger partial charge in [0, 0.05) is 17.6 Å².